The number of nitrogens with zero attached hydrogens (tertiary/aromatic N) is 3. The Morgan fingerprint density at radius 3 is 2.59 bits per heavy atom. The first kappa shape index (κ1) is 24.0. The summed E-state index contributed by atoms with van der Waals surface area (Å²) in [6, 6.07) is 10.9. The molecular formula is C23H26BrN5O2S. The predicted octanol–water partition coefficient (Wildman–Crippen LogP) is 4.72. The number of hydrogen-bond donors (Lipinski definition) is 2. The zero-order valence-electron chi connectivity index (χ0n) is 18.7. The van der Waals surface area contributed by atoms with E-state index in [0.29, 0.717) is 16.5 Å². The number of aromatic nitrogens is 3. The number of thioether (sulfide) groups is 1. The second-order valence-corrected chi connectivity index (χ2v) is 9.44. The van der Waals surface area contributed by atoms with E-state index in [1.165, 1.54) is 11.8 Å². The molecule has 0 spiro atoms. The molecule has 3 aromatic rings. The molecule has 0 saturated heterocycles. The number of rotatable bonds is 7. The second kappa shape index (κ2) is 10.3. The van der Waals surface area contributed by atoms with Gasteiger partial charge in [-0.2, -0.15) is 0 Å². The minimum absolute atomic E-state index is 0.120. The molecule has 0 aliphatic carbocycles. The van der Waals surface area contributed by atoms with Gasteiger partial charge in [0.05, 0.1) is 11.8 Å². The Kier molecular flexibility index (Phi) is 7.73. The van der Waals surface area contributed by atoms with Crippen LogP contribution in [-0.2, 0) is 11.8 Å². The zero-order valence-corrected chi connectivity index (χ0v) is 21.1. The summed E-state index contributed by atoms with van der Waals surface area (Å²) in [7, 11) is 1.83. The van der Waals surface area contributed by atoms with Gasteiger partial charge < -0.3 is 15.2 Å². The third kappa shape index (κ3) is 5.58. The fourth-order valence-corrected chi connectivity index (χ4v) is 4.35. The van der Waals surface area contributed by atoms with Crippen molar-refractivity contribution in [3.63, 3.8) is 0 Å². The molecule has 2 N–H and O–H groups in total. The van der Waals surface area contributed by atoms with Crippen molar-refractivity contribution in [1.82, 2.24) is 20.1 Å². The summed E-state index contributed by atoms with van der Waals surface area (Å²) in [5.74, 6) is 0.529. The molecule has 0 saturated carbocycles. The predicted molar refractivity (Wildman–Crippen MR) is 131 cm³/mol. The maximum atomic E-state index is 12.5. The van der Waals surface area contributed by atoms with Crippen LogP contribution >= 0.6 is 27.7 Å². The van der Waals surface area contributed by atoms with Crippen LogP contribution in [0.25, 0.3) is 0 Å². The van der Waals surface area contributed by atoms with Crippen molar-refractivity contribution in [2.24, 2.45) is 7.05 Å². The van der Waals surface area contributed by atoms with Crippen LogP contribution in [0, 0.1) is 20.8 Å². The first-order valence-corrected chi connectivity index (χ1v) is 11.9. The van der Waals surface area contributed by atoms with Gasteiger partial charge in [0, 0.05) is 22.8 Å². The van der Waals surface area contributed by atoms with Gasteiger partial charge in [-0.05, 0) is 63.1 Å². The average Bonchev–Trinajstić information content (AvgIpc) is 3.13. The summed E-state index contributed by atoms with van der Waals surface area (Å²) in [6.45, 7) is 7.79. The number of halogens is 1. The number of nitrogens with one attached hydrogen (secondary N) is 2. The summed E-state index contributed by atoms with van der Waals surface area (Å²) in [6.07, 6.45) is 0. The Morgan fingerprint density at radius 1 is 1.12 bits per heavy atom. The number of benzene rings is 2. The van der Waals surface area contributed by atoms with Crippen molar-refractivity contribution in [3.05, 3.63) is 68.9 Å². The van der Waals surface area contributed by atoms with Crippen LogP contribution in [0.3, 0.4) is 0 Å². The van der Waals surface area contributed by atoms with Gasteiger partial charge in [0.15, 0.2) is 11.0 Å². The highest BCUT2D eigenvalue weighted by molar-refractivity contribution is 9.10. The molecule has 3 rings (SSSR count). The third-order valence-electron chi connectivity index (χ3n) is 5.21. The van der Waals surface area contributed by atoms with E-state index in [1.807, 2.05) is 65.1 Å². The lowest BCUT2D eigenvalue weighted by molar-refractivity contribution is -0.113. The van der Waals surface area contributed by atoms with Gasteiger partial charge in [-0.1, -0.05) is 45.4 Å². The van der Waals surface area contributed by atoms with Crippen LogP contribution < -0.4 is 10.6 Å². The summed E-state index contributed by atoms with van der Waals surface area (Å²) >= 11 is 4.80. The highest BCUT2D eigenvalue weighted by atomic mass is 79.9. The SMILES string of the molecule is Cc1cccc(C(=O)N[C@H](C)c2nnc(SCC(=O)Nc3ccc(Br)c(C)c3C)n2C)c1. The Bertz CT molecular complexity index is 1160. The fourth-order valence-electron chi connectivity index (χ4n) is 3.20. The summed E-state index contributed by atoms with van der Waals surface area (Å²) in [5.41, 5.74) is 4.53. The van der Waals surface area contributed by atoms with E-state index in [2.05, 4.69) is 36.8 Å². The standard InChI is InChI=1S/C23H26BrN5O2S/c1-13-7-6-8-17(11-13)22(31)25-16(4)21-27-28-23(29(21)5)32-12-20(30)26-19-10-9-18(24)14(2)15(19)3/h6-11,16H,12H2,1-5H3,(H,25,31)(H,26,30)/t16-/m1/s1. The van der Waals surface area contributed by atoms with Crippen molar-refractivity contribution < 1.29 is 9.59 Å². The third-order valence-corrected chi connectivity index (χ3v) is 7.09. The van der Waals surface area contributed by atoms with Crippen molar-refractivity contribution >= 4 is 45.2 Å². The van der Waals surface area contributed by atoms with E-state index < -0.39 is 0 Å². The number of amides is 2. The first-order valence-electron chi connectivity index (χ1n) is 10.1. The van der Waals surface area contributed by atoms with Crippen molar-refractivity contribution in [3.8, 4) is 0 Å². The fraction of sp³-hybridized carbons (Fsp3) is 0.304. The van der Waals surface area contributed by atoms with Gasteiger partial charge in [-0.3, -0.25) is 9.59 Å². The zero-order chi connectivity index (χ0) is 23.4. The molecule has 1 heterocycles. The van der Waals surface area contributed by atoms with Crippen LogP contribution in [-0.4, -0.2) is 32.3 Å². The van der Waals surface area contributed by atoms with Crippen LogP contribution in [0.5, 0.6) is 0 Å². The highest BCUT2D eigenvalue weighted by Gasteiger charge is 2.19. The number of aryl methyl sites for hydroxylation is 1. The summed E-state index contributed by atoms with van der Waals surface area (Å²) in [5, 5.41) is 14.9. The molecule has 2 amide bonds. The summed E-state index contributed by atoms with van der Waals surface area (Å²) in [4.78, 5) is 25.0. The van der Waals surface area contributed by atoms with Crippen molar-refractivity contribution in [2.45, 2.75) is 38.9 Å². The molecule has 2 aromatic carbocycles. The lowest BCUT2D eigenvalue weighted by Crippen LogP contribution is -2.28. The van der Waals surface area contributed by atoms with E-state index in [1.54, 1.807) is 10.6 Å². The topological polar surface area (TPSA) is 88.9 Å². The quantitative estimate of drug-likeness (QED) is 0.444. The normalized spacial score (nSPS) is 11.8. The van der Waals surface area contributed by atoms with Crippen LogP contribution in [0.1, 0.15) is 45.8 Å². The largest absolute Gasteiger partial charge is 0.342 e. The molecule has 7 nitrogen and oxygen atoms in total. The molecule has 168 valence electrons. The van der Waals surface area contributed by atoms with E-state index in [0.717, 1.165) is 26.9 Å². The van der Waals surface area contributed by atoms with Crippen LogP contribution in [0.4, 0.5) is 5.69 Å². The maximum absolute atomic E-state index is 12.5. The molecule has 0 unspecified atom stereocenters. The van der Waals surface area contributed by atoms with Gasteiger partial charge in [-0.15, -0.1) is 10.2 Å². The number of carbonyl (C=O) groups is 2. The van der Waals surface area contributed by atoms with Gasteiger partial charge in [-0.25, -0.2) is 0 Å². The minimum Gasteiger partial charge on any atom is -0.342 e. The smallest absolute Gasteiger partial charge is 0.251 e. The lowest BCUT2D eigenvalue weighted by atomic mass is 10.1. The minimum atomic E-state index is -0.336. The molecule has 32 heavy (non-hydrogen) atoms. The molecule has 9 heteroatoms. The maximum Gasteiger partial charge on any atom is 0.251 e. The Labute approximate surface area is 200 Å². The van der Waals surface area contributed by atoms with E-state index in [9.17, 15) is 9.59 Å². The Hall–Kier alpha value is -2.65. The van der Waals surface area contributed by atoms with Gasteiger partial charge in [0.25, 0.3) is 5.91 Å². The first-order chi connectivity index (χ1) is 15.2. The average molecular weight is 516 g/mol. The molecule has 0 fully saturated rings. The monoisotopic (exact) mass is 515 g/mol. The number of carbonyl (C=O) groups excluding carboxylic acids is 2. The van der Waals surface area contributed by atoms with Crippen molar-refractivity contribution in [1.29, 1.82) is 0 Å². The second-order valence-electron chi connectivity index (χ2n) is 7.65. The van der Waals surface area contributed by atoms with Gasteiger partial charge in [0.1, 0.15) is 0 Å². The highest BCUT2D eigenvalue weighted by Crippen LogP contribution is 2.26. The lowest BCUT2D eigenvalue weighted by Gasteiger charge is -2.14. The summed E-state index contributed by atoms with van der Waals surface area (Å²) < 4.78 is 2.81. The number of hydrogen-bond acceptors (Lipinski definition) is 5. The molecule has 0 aliphatic heterocycles. The Morgan fingerprint density at radius 2 is 1.88 bits per heavy atom. The Balaban J connectivity index is 1.60. The van der Waals surface area contributed by atoms with Gasteiger partial charge in [0.2, 0.25) is 5.91 Å². The molecular weight excluding hydrogens is 490 g/mol. The van der Waals surface area contributed by atoms with Crippen LogP contribution in [0.15, 0.2) is 46.0 Å². The number of anilines is 1. The van der Waals surface area contributed by atoms with E-state index in [-0.39, 0.29) is 23.6 Å². The van der Waals surface area contributed by atoms with Crippen molar-refractivity contribution in [2.75, 3.05) is 11.1 Å². The van der Waals surface area contributed by atoms with Gasteiger partial charge >= 0.3 is 0 Å². The van der Waals surface area contributed by atoms with E-state index >= 15 is 0 Å². The molecule has 1 aromatic heterocycles. The molecule has 0 bridgehead atoms. The molecule has 0 aliphatic rings. The molecule has 1 atom stereocenters. The van der Waals surface area contributed by atoms with E-state index in [4.69, 9.17) is 0 Å². The molecule has 0 radical (unpaired) electrons. The van der Waals surface area contributed by atoms with Crippen LogP contribution in [0.2, 0.25) is 0 Å².